The normalized spacial score (nSPS) is 13.0. The van der Waals surface area contributed by atoms with E-state index in [1.54, 1.807) is 0 Å². The molecule has 0 saturated heterocycles. The van der Waals surface area contributed by atoms with Gasteiger partial charge in [0.15, 0.2) is 0 Å². The monoisotopic (exact) mass is 621 g/mol. The van der Waals surface area contributed by atoms with Gasteiger partial charge < -0.3 is 15.7 Å². The molecule has 7 nitrogen and oxygen atoms in total. The number of hydrogen-bond donors (Lipinski definition) is 3. The van der Waals surface area contributed by atoms with Crippen LogP contribution in [0.25, 0.3) is 0 Å². The third kappa shape index (κ3) is 9.03. The summed E-state index contributed by atoms with van der Waals surface area (Å²) in [5.41, 5.74) is 3.49. The number of aliphatic hydroxyl groups excluding tert-OH is 1. The highest BCUT2D eigenvalue weighted by Gasteiger charge is 2.25. The van der Waals surface area contributed by atoms with Crippen molar-refractivity contribution in [1.29, 1.82) is 0 Å². The molecule has 10 heteroatoms. The van der Waals surface area contributed by atoms with Crippen LogP contribution in [0.3, 0.4) is 0 Å². The maximum Gasteiger partial charge on any atom is 0.251 e. The average molecular weight is 622 g/mol. The summed E-state index contributed by atoms with van der Waals surface area (Å²) in [6.07, 6.45) is -0.247. The van der Waals surface area contributed by atoms with Crippen LogP contribution in [0.4, 0.5) is 8.78 Å². The van der Waals surface area contributed by atoms with Crippen LogP contribution in [0.1, 0.15) is 39.5 Å². The first-order valence-electron chi connectivity index (χ1n) is 14.4. The van der Waals surface area contributed by atoms with Gasteiger partial charge in [-0.15, -0.1) is 0 Å². The van der Waals surface area contributed by atoms with Crippen LogP contribution in [-0.4, -0.2) is 49.5 Å². The van der Waals surface area contributed by atoms with E-state index in [0.29, 0.717) is 6.54 Å². The van der Waals surface area contributed by atoms with Gasteiger partial charge in [-0.2, -0.15) is 4.31 Å². The van der Waals surface area contributed by atoms with Crippen molar-refractivity contribution in [2.45, 2.75) is 49.9 Å². The van der Waals surface area contributed by atoms with Crippen molar-refractivity contribution in [2.24, 2.45) is 0 Å². The molecule has 0 fully saturated rings. The van der Waals surface area contributed by atoms with E-state index in [9.17, 15) is 27.1 Å². The molecule has 232 valence electrons. The van der Waals surface area contributed by atoms with Gasteiger partial charge in [-0.25, -0.2) is 17.2 Å². The van der Waals surface area contributed by atoms with Gasteiger partial charge in [0, 0.05) is 38.3 Å². The lowest BCUT2D eigenvalue weighted by atomic mass is 10.00. The summed E-state index contributed by atoms with van der Waals surface area (Å²) in [7, 11) is -2.34. The third-order valence-corrected chi connectivity index (χ3v) is 9.13. The van der Waals surface area contributed by atoms with Gasteiger partial charge in [0.1, 0.15) is 11.6 Å². The largest absolute Gasteiger partial charge is 0.390 e. The number of sulfonamides is 1. The molecular weight excluding hydrogens is 584 g/mol. The van der Waals surface area contributed by atoms with E-state index in [-0.39, 0.29) is 35.5 Å². The first-order chi connectivity index (χ1) is 21.0. The molecule has 4 aromatic rings. The second-order valence-corrected chi connectivity index (χ2v) is 12.7. The second kappa shape index (κ2) is 15.2. The minimum Gasteiger partial charge on any atom is -0.390 e. The molecule has 44 heavy (non-hydrogen) atoms. The zero-order chi connectivity index (χ0) is 31.7. The maximum absolute atomic E-state index is 13.9. The van der Waals surface area contributed by atoms with Crippen molar-refractivity contribution in [3.05, 3.63) is 137 Å². The van der Waals surface area contributed by atoms with E-state index in [1.807, 2.05) is 48.5 Å². The highest BCUT2D eigenvalue weighted by Crippen LogP contribution is 2.18. The number of hydrogen-bond acceptors (Lipinski definition) is 5. The summed E-state index contributed by atoms with van der Waals surface area (Å²) in [6, 6.07) is 24.9. The number of aryl methyl sites for hydroxylation is 1. The molecule has 4 rings (SSSR count). The minimum absolute atomic E-state index is 0.0237. The summed E-state index contributed by atoms with van der Waals surface area (Å²) in [5.74, 6) is -2.09. The highest BCUT2D eigenvalue weighted by atomic mass is 32.2. The Labute approximate surface area is 257 Å². The number of carbonyl (C=O) groups excluding carboxylic acids is 1. The van der Waals surface area contributed by atoms with Crippen molar-refractivity contribution in [3.8, 4) is 0 Å². The fourth-order valence-corrected chi connectivity index (χ4v) is 6.03. The van der Waals surface area contributed by atoms with Crippen LogP contribution < -0.4 is 10.6 Å². The molecule has 0 heterocycles. The Morgan fingerprint density at radius 3 is 2.14 bits per heavy atom. The Kier molecular flexibility index (Phi) is 11.4. The number of halogens is 2. The van der Waals surface area contributed by atoms with Crippen molar-refractivity contribution >= 4 is 15.9 Å². The van der Waals surface area contributed by atoms with Crippen LogP contribution in [0.15, 0.2) is 102 Å². The number of aliphatic hydroxyl groups is 1. The summed E-state index contributed by atoms with van der Waals surface area (Å²) < 4.78 is 55.3. The van der Waals surface area contributed by atoms with Gasteiger partial charge >= 0.3 is 0 Å². The third-order valence-electron chi connectivity index (χ3n) is 7.31. The first-order valence-corrected chi connectivity index (χ1v) is 15.8. The molecule has 3 N–H and O–H groups in total. The lowest BCUT2D eigenvalue weighted by Crippen LogP contribution is -2.48. The van der Waals surface area contributed by atoms with Crippen LogP contribution >= 0.6 is 0 Å². The summed E-state index contributed by atoms with van der Waals surface area (Å²) in [4.78, 5) is 13.3. The van der Waals surface area contributed by atoms with Crippen molar-refractivity contribution < 1.29 is 27.1 Å². The summed E-state index contributed by atoms with van der Waals surface area (Å²) in [6.45, 7) is 2.83. The predicted molar refractivity (Wildman–Crippen MR) is 166 cm³/mol. The van der Waals surface area contributed by atoms with Crippen molar-refractivity contribution in [2.75, 3.05) is 13.6 Å². The van der Waals surface area contributed by atoms with Gasteiger partial charge in [0.05, 0.1) is 17.0 Å². The van der Waals surface area contributed by atoms with Gasteiger partial charge in [-0.1, -0.05) is 61.5 Å². The van der Waals surface area contributed by atoms with Gasteiger partial charge in [-0.3, -0.25) is 4.79 Å². The number of amides is 1. The van der Waals surface area contributed by atoms with Crippen LogP contribution in [-0.2, 0) is 36.0 Å². The molecule has 0 aliphatic heterocycles. The van der Waals surface area contributed by atoms with Crippen LogP contribution in [0.2, 0.25) is 0 Å². The fraction of sp³-hybridized carbons (Fsp3) is 0.265. The second-order valence-electron chi connectivity index (χ2n) is 10.7. The molecule has 4 aromatic carbocycles. The topological polar surface area (TPSA) is 98.7 Å². The molecule has 2 atom stereocenters. The Balaban J connectivity index is 1.45. The maximum atomic E-state index is 13.9. The molecule has 2 unspecified atom stereocenters. The zero-order valence-corrected chi connectivity index (χ0v) is 25.5. The lowest BCUT2D eigenvalue weighted by molar-refractivity contribution is 0.0829. The van der Waals surface area contributed by atoms with E-state index < -0.39 is 39.7 Å². The van der Waals surface area contributed by atoms with E-state index in [2.05, 4.69) is 23.6 Å². The molecule has 1 amide bonds. The number of rotatable bonds is 14. The molecule has 0 aliphatic carbocycles. The summed E-state index contributed by atoms with van der Waals surface area (Å²) in [5, 5.41) is 17.0. The van der Waals surface area contributed by atoms with Crippen molar-refractivity contribution in [3.63, 3.8) is 0 Å². The fourth-order valence-electron chi connectivity index (χ4n) is 4.87. The Morgan fingerprint density at radius 2 is 1.48 bits per heavy atom. The van der Waals surface area contributed by atoms with Crippen LogP contribution in [0, 0.1) is 11.6 Å². The van der Waals surface area contributed by atoms with Gasteiger partial charge in [-0.05, 0) is 71.5 Å². The SMILES string of the molecule is CCc1cccc(CNCC(O)C(Cc2cc(F)cc(F)c2)NC(=O)c2ccc(S(=O)(=O)N(C)Cc3ccccc3)cc2)c1. The van der Waals surface area contributed by atoms with E-state index in [1.165, 1.54) is 41.2 Å². The van der Waals surface area contributed by atoms with Crippen LogP contribution in [0.5, 0.6) is 0 Å². The zero-order valence-electron chi connectivity index (χ0n) is 24.7. The predicted octanol–water partition coefficient (Wildman–Crippen LogP) is 4.84. The van der Waals surface area contributed by atoms with Crippen molar-refractivity contribution in [1.82, 2.24) is 14.9 Å². The molecule has 0 radical (unpaired) electrons. The number of nitrogens with one attached hydrogen (secondary N) is 2. The molecule has 0 spiro atoms. The molecule has 0 aliphatic rings. The average Bonchev–Trinajstić information content (AvgIpc) is 3.00. The minimum atomic E-state index is -3.82. The van der Waals surface area contributed by atoms with Gasteiger partial charge in [0.2, 0.25) is 10.0 Å². The van der Waals surface area contributed by atoms with E-state index in [4.69, 9.17) is 0 Å². The smallest absolute Gasteiger partial charge is 0.251 e. The number of benzene rings is 4. The molecule has 0 saturated carbocycles. The number of nitrogens with zero attached hydrogens (tertiary/aromatic N) is 1. The Bertz CT molecular complexity index is 1630. The quantitative estimate of drug-likeness (QED) is 0.187. The molecular formula is C34H37F2N3O4S. The Morgan fingerprint density at radius 1 is 0.841 bits per heavy atom. The first kappa shape index (κ1) is 32.9. The van der Waals surface area contributed by atoms with Gasteiger partial charge in [0.25, 0.3) is 5.91 Å². The molecule has 0 bridgehead atoms. The van der Waals surface area contributed by atoms with E-state index in [0.717, 1.165) is 35.7 Å². The van der Waals surface area contributed by atoms with E-state index >= 15 is 0 Å². The standard InChI is InChI=1S/C34H37F2N3O4S/c1-3-24-10-7-11-26(16-24)21-37-22-33(40)32(19-27-17-29(35)20-30(36)18-27)38-34(41)28-12-14-31(15-13-28)44(42,43)39(2)23-25-8-5-4-6-9-25/h4-18,20,32-33,37,40H,3,19,21-23H2,1-2H3,(H,38,41). The summed E-state index contributed by atoms with van der Waals surface area (Å²) >= 11 is 0. The highest BCUT2D eigenvalue weighted by molar-refractivity contribution is 7.89. The lowest BCUT2D eigenvalue weighted by Gasteiger charge is -2.25. The Hall–Kier alpha value is -3.96. The molecule has 0 aromatic heterocycles. The number of carbonyl (C=O) groups is 1.